The van der Waals surface area contributed by atoms with Gasteiger partial charge in [0.15, 0.2) is 0 Å². The highest BCUT2D eigenvalue weighted by Gasteiger charge is 2.26. The smallest absolute Gasteiger partial charge is 0.383 e. The number of methoxy groups -OCH3 is 1. The Morgan fingerprint density at radius 1 is 1.24 bits per heavy atom. The van der Waals surface area contributed by atoms with Gasteiger partial charge in [0.2, 0.25) is 0 Å². The normalized spacial score (nSPS) is 15.9. The third kappa shape index (κ3) is 10.6. The molecule has 17 heavy (non-hydrogen) atoms. The molecule has 104 valence electrons. The molecule has 0 saturated carbocycles. The van der Waals surface area contributed by atoms with E-state index in [-0.39, 0.29) is 18.5 Å². The average molecular weight is 255 g/mol. The first-order valence-electron chi connectivity index (χ1n) is 6.20. The topological polar surface area (TPSA) is 21.3 Å². The van der Waals surface area contributed by atoms with Crippen LogP contribution in [0.5, 0.6) is 0 Å². The number of nitrogens with one attached hydrogen (secondary N) is 1. The summed E-state index contributed by atoms with van der Waals surface area (Å²) in [5, 5.41) is 3.31. The fraction of sp³-hybridized carbons (Fsp3) is 1.00. The zero-order valence-electron chi connectivity index (χ0n) is 10.9. The van der Waals surface area contributed by atoms with Crippen molar-refractivity contribution in [1.29, 1.82) is 0 Å². The van der Waals surface area contributed by atoms with Crippen molar-refractivity contribution in [3.8, 4) is 0 Å². The first-order chi connectivity index (χ1) is 7.89. The molecule has 0 fully saturated rings. The van der Waals surface area contributed by atoms with Crippen LogP contribution in [0.25, 0.3) is 0 Å². The molecule has 0 aliphatic carbocycles. The van der Waals surface area contributed by atoms with Crippen LogP contribution < -0.4 is 5.32 Å². The molecule has 0 radical (unpaired) electrons. The lowest BCUT2D eigenvalue weighted by molar-refractivity contribution is -0.135. The SMILES string of the molecule is CCCC(COC)NC(C)CCCC(F)(F)F. The van der Waals surface area contributed by atoms with Crippen molar-refractivity contribution in [2.45, 2.75) is 64.2 Å². The average Bonchev–Trinajstić information content (AvgIpc) is 2.16. The molecule has 5 heteroatoms. The minimum Gasteiger partial charge on any atom is -0.383 e. The van der Waals surface area contributed by atoms with Crippen LogP contribution in [-0.4, -0.2) is 32.0 Å². The van der Waals surface area contributed by atoms with Gasteiger partial charge in [-0.25, -0.2) is 0 Å². The van der Waals surface area contributed by atoms with Crippen molar-refractivity contribution in [1.82, 2.24) is 5.32 Å². The highest BCUT2D eigenvalue weighted by molar-refractivity contribution is 4.71. The Morgan fingerprint density at radius 2 is 1.88 bits per heavy atom. The summed E-state index contributed by atoms with van der Waals surface area (Å²) in [4.78, 5) is 0. The number of ether oxygens (including phenoxy) is 1. The van der Waals surface area contributed by atoms with E-state index in [1.54, 1.807) is 7.11 Å². The van der Waals surface area contributed by atoms with Crippen molar-refractivity contribution in [2.75, 3.05) is 13.7 Å². The summed E-state index contributed by atoms with van der Waals surface area (Å²) in [6, 6.07) is 0.343. The monoisotopic (exact) mass is 255 g/mol. The molecule has 0 amide bonds. The van der Waals surface area contributed by atoms with E-state index in [0.29, 0.717) is 13.0 Å². The van der Waals surface area contributed by atoms with Gasteiger partial charge in [0.25, 0.3) is 0 Å². The minimum atomic E-state index is -4.03. The molecule has 0 spiro atoms. The van der Waals surface area contributed by atoms with Crippen LogP contribution in [0.4, 0.5) is 13.2 Å². The molecule has 0 saturated heterocycles. The van der Waals surface area contributed by atoms with Crippen LogP contribution in [0.2, 0.25) is 0 Å². The van der Waals surface area contributed by atoms with E-state index in [1.165, 1.54) is 0 Å². The first-order valence-corrected chi connectivity index (χ1v) is 6.20. The predicted molar refractivity (Wildman–Crippen MR) is 63.1 cm³/mol. The Labute approximate surface area is 102 Å². The summed E-state index contributed by atoms with van der Waals surface area (Å²) in [5.74, 6) is 0. The standard InChI is InChI=1S/C12H24F3NO/c1-4-6-11(9-17-3)16-10(2)7-5-8-12(13,14)15/h10-11,16H,4-9H2,1-3H3. The second-order valence-corrected chi connectivity index (χ2v) is 4.52. The highest BCUT2D eigenvalue weighted by atomic mass is 19.4. The second kappa shape index (κ2) is 8.75. The molecule has 0 aromatic carbocycles. The van der Waals surface area contributed by atoms with Gasteiger partial charge < -0.3 is 10.1 Å². The number of hydrogen-bond acceptors (Lipinski definition) is 2. The van der Waals surface area contributed by atoms with Gasteiger partial charge in [-0.2, -0.15) is 13.2 Å². The maximum absolute atomic E-state index is 12.0. The minimum absolute atomic E-state index is 0.101. The van der Waals surface area contributed by atoms with Gasteiger partial charge in [-0.1, -0.05) is 13.3 Å². The Morgan fingerprint density at radius 3 is 2.35 bits per heavy atom. The van der Waals surface area contributed by atoms with Crippen LogP contribution >= 0.6 is 0 Å². The molecule has 2 atom stereocenters. The molecular weight excluding hydrogens is 231 g/mol. The van der Waals surface area contributed by atoms with Gasteiger partial charge in [-0.3, -0.25) is 0 Å². The van der Waals surface area contributed by atoms with Crippen molar-refractivity contribution >= 4 is 0 Å². The van der Waals surface area contributed by atoms with Crippen molar-refractivity contribution in [3.05, 3.63) is 0 Å². The van der Waals surface area contributed by atoms with Crippen molar-refractivity contribution in [3.63, 3.8) is 0 Å². The summed E-state index contributed by atoms with van der Waals surface area (Å²) < 4.78 is 41.0. The maximum Gasteiger partial charge on any atom is 0.389 e. The zero-order valence-corrected chi connectivity index (χ0v) is 10.9. The fourth-order valence-corrected chi connectivity index (χ4v) is 1.86. The van der Waals surface area contributed by atoms with Crippen molar-refractivity contribution < 1.29 is 17.9 Å². The van der Waals surface area contributed by atoms with E-state index >= 15 is 0 Å². The molecule has 2 nitrogen and oxygen atoms in total. The lowest BCUT2D eigenvalue weighted by atomic mass is 10.1. The van der Waals surface area contributed by atoms with Gasteiger partial charge in [0, 0.05) is 25.6 Å². The third-order valence-corrected chi connectivity index (χ3v) is 2.62. The van der Waals surface area contributed by atoms with E-state index in [9.17, 15) is 13.2 Å². The van der Waals surface area contributed by atoms with Crippen LogP contribution in [0, 0.1) is 0 Å². The molecule has 1 N–H and O–H groups in total. The molecule has 0 aliphatic rings. The highest BCUT2D eigenvalue weighted by Crippen LogP contribution is 2.22. The summed E-state index contributed by atoms with van der Waals surface area (Å²) >= 11 is 0. The Balaban J connectivity index is 3.77. The molecule has 0 bridgehead atoms. The third-order valence-electron chi connectivity index (χ3n) is 2.62. The maximum atomic E-state index is 12.0. The lowest BCUT2D eigenvalue weighted by Gasteiger charge is -2.22. The summed E-state index contributed by atoms with van der Waals surface area (Å²) in [6.07, 6.45) is -1.97. The number of alkyl halides is 3. The Bertz CT molecular complexity index is 179. The van der Waals surface area contributed by atoms with Gasteiger partial charge in [-0.05, 0) is 26.2 Å². The molecule has 0 aromatic heterocycles. The molecule has 0 aliphatic heterocycles. The Kier molecular flexibility index (Phi) is 8.60. The van der Waals surface area contributed by atoms with Crippen molar-refractivity contribution in [2.24, 2.45) is 0 Å². The predicted octanol–water partition coefficient (Wildman–Crippen LogP) is 3.51. The van der Waals surface area contributed by atoms with Crippen LogP contribution in [0.3, 0.4) is 0 Å². The number of rotatable bonds is 9. The van der Waals surface area contributed by atoms with Gasteiger partial charge in [-0.15, -0.1) is 0 Å². The van der Waals surface area contributed by atoms with Gasteiger partial charge in [0.05, 0.1) is 6.61 Å². The van der Waals surface area contributed by atoms with Crippen LogP contribution in [-0.2, 0) is 4.74 Å². The molecule has 0 aromatic rings. The first kappa shape index (κ1) is 16.7. The van der Waals surface area contributed by atoms with Gasteiger partial charge in [0.1, 0.15) is 0 Å². The molecule has 0 rings (SSSR count). The lowest BCUT2D eigenvalue weighted by Crippen LogP contribution is -2.39. The quantitative estimate of drug-likeness (QED) is 0.680. The zero-order chi connectivity index (χ0) is 13.3. The molecular formula is C12H24F3NO. The Hall–Kier alpha value is -0.290. The van der Waals surface area contributed by atoms with E-state index in [1.807, 2.05) is 6.92 Å². The van der Waals surface area contributed by atoms with Gasteiger partial charge >= 0.3 is 6.18 Å². The molecule has 0 heterocycles. The van der Waals surface area contributed by atoms with Crippen LogP contribution in [0.1, 0.15) is 46.0 Å². The largest absolute Gasteiger partial charge is 0.389 e. The number of halogens is 3. The summed E-state index contributed by atoms with van der Waals surface area (Å²) in [7, 11) is 1.64. The molecule has 2 unspecified atom stereocenters. The summed E-state index contributed by atoms with van der Waals surface area (Å²) in [5.41, 5.74) is 0. The van der Waals surface area contributed by atoms with Crippen LogP contribution in [0.15, 0.2) is 0 Å². The van der Waals surface area contributed by atoms with E-state index < -0.39 is 12.6 Å². The second-order valence-electron chi connectivity index (χ2n) is 4.52. The number of hydrogen-bond donors (Lipinski definition) is 1. The van der Waals surface area contributed by atoms with E-state index in [0.717, 1.165) is 12.8 Å². The van der Waals surface area contributed by atoms with E-state index in [4.69, 9.17) is 4.74 Å². The fourth-order valence-electron chi connectivity index (χ4n) is 1.86. The summed E-state index contributed by atoms with van der Waals surface area (Å²) in [6.45, 7) is 4.62. The van der Waals surface area contributed by atoms with E-state index in [2.05, 4.69) is 12.2 Å².